The number of imide groups is 1. The van der Waals surface area contributed by atoms with Crippen LogP contribution in [0.3, 0.4) is 0 Å². The number of nitrogens with zero attached hydrogens (tertiary/aromatic N) is 2. The highest BCUT2D eigenvalue weighted by molar-refractivity contribution is 7.89. The first-order valence-corrected chi connectivity index (χ1v) is 13.0. The number of hydrogen-bond acceptors (Lipinski definition) is 6. The van der Waals surface area contributed by atoms with Gasteiger partial charge in [0.15, 0.2) is 0 Å². The highest BCUT2D eigenvalue weighted by Gasteiger charge is 2.47. The van der Waals surface area contributed by atoms with Crippen LogP contribution >= 0.6 is 0 Å². The molecule has 0 radical (unpaired) electrons. The molecule has 1 fully saturated rings. The molecule has 10 heteroatoms. The number of halogens is 1. The maximum Gasteiger partial charge on any atom is 0.338 e. The van der Waals surface area contributed by atoms with Crippen LogP contribution < -0.4 is 4.90 Å². The van der Waals surface area contributed by atoms with Gasteiger partial charge < -0.3 is 4.74 Å². The van der Waals surface area contributed by atoms with E-state index in [0.717, 1.165) is 39.0 Å². The van der Waals surface area contributed by atoms with Crippen molar-refractivity contribution in [1.29, 1.82) is 0 Å². The number of ether oxygens (including phenoxy) is 1. The van der Waals surface area contributed by atoms with Crippen LogP contribution in [0.15, 0.2) is 77.7 Å². The molecule has 0 saturated carbocycles. The molecular weight excluding hydrogens is 499 g/mol. The molecule has 1 atom stereocenters. The fourth-order valence-electron chi connectivity index (χ4n) is 4.05. The summed E-state index contributed by atoms with van der Waals surface area (Å²) in [6.45, 7) is 3.60. The predicted molar refractivity (Wildman–Crippen MR) is 134 cm³/mol. The normalized spacial score (nSPS) is 15.9. The van der Waals surface area contributed by atoms with Gasteiger partial charge in [0.2, 0.25) is 15.9 Å². The van der Waals surface area contributed by atoms with E-state index < -0.39 is 39.7 Å². The van der Waals surface area contributed by atoms with Crippen LogP contribution in [0.1, 0.15) is 34.8 Å². The number of aryl methyl sites for hydroxylation is 1. The van der Waals surface area contributed by atoms with E-state index in [2.05, 4.69) is 0 Å². The number of anilines is 1. The summed E-state index contributed by atoms with van der Waals surface area (Å²) in [6.07, 6.45) is -0.370. The van der Waals surface area contributed by atoms with Crippen LogP contribution in [0.4, 0.5) is 10.1 Å². The van der Waals surface area contributed by atoms with Crippen LogP contribution in [-0.4, -0.2) is 43.2 Å². The van der Waals surface area contributed by atoms with E-state index in [0.29, 0.717) is 5.56 Å². The second kappa shape index (κ2) is 10.6. The monoisotopic (exact) mass is 524 g/mol. The standard InChI is InChI=1S/C27H25FN2O6S/c1-3-36-27(33)20-8-12-22(13-9-20)30-25(31)16-24(26(30)32)29(17-19-6-4-18(2)5-7-19)37(34,35)23-14-10-21(28)11-15-23/h4-15,24H,3,16-17H2,1-2H3. The third-order valence-electron chi connectivity index (χ3n) is 5.99. The minimum Gasteiger partial charge on any atom is -0.462 e. The van der Waals surface area contributed by atoms with Crippen molar-refractivity contribution in [2.45, 2.75) is 37.8 Å². The van der Waals surface area contributed by atoms with Gasteiger partial charge in [0.1, 0.15) is 11.9 Å². The largest absolute Gasteiger partial charge is 0.462 e. The van der Waals surface area contributed by atoms with Crippen molar-refractivity contribution in [2.24, 2.45) is 0 Å². The number of rotatable bonds is 8. The molecule has 8 nitrogen and oxygen atoms in total. The lowest BCUT2D eigenvalue weighted by Gasteiger charge is -2.27. The van der Waals surface area contributed by atoms with E-state index >= 15 is 0 Å². The van der Waals surface area contributed by atoms with Gasteiger partial charge >= 0.3 is 5.97 Å². The average molecular weight is 525 g/mol. The molecule has 1 aliphatic heterocycles. The third kappa shape index (κ3) is 5.45. The van der Waals surface area contributed by atoms with Crippen LogP contribution in [0.5, 0.6) is 0 Å². The molecule has 2 amide bonds. The zero-order valence-electron chi connectivity index (χ0n) is 20.3. The lowest BCUT2D eigenvalue weighted by atomic mass is 10.1. The molecule has 0 aliphatic carbocycles. The molecule has 1 unspecified atom stereocenters. The topological polar surface area (TPSA) is 101 Å². The fourth-order valence-corrected chi connectivity index (χ4v) is 5.62. The molecule has 0 spiro atoms. The van der Waals surface area contributed by atoms with Crippen molar-refractivity contribution < 1.29 is 31.9 Å². The number of carbonyl (C=O) groups excluding carboxylic acids is 3. The van der Waals surface area contributed by atoms with E-state index in [1.165, 1.54) is 24.3 Å². The third-order valence-corrected chi connectivity index (χ3v) is 7.86. The summed E-state index contributed by atoms with van der Waals surface area (Å²) in [6, 6.07) is 15.8. The average Bonchev–Trinajstić information content (AvgIpc) is 3.17. The Kier molecular flexibility index (Phi) is 7.51. The molecular formula is C27H25FN2O6S. The summed E-state index contributed by atoms with van der Waals surface area (Å²) in [4.78, 5) is 39.1. The van der Waals surface area contributed by atoms with E-state index in [1.54, 1.807) is 19.1 Å². The number of sulfonamides is 1. The Bertz CT molecular complexity index is 1420. The van der Waals surface area contributed by atoms with E-state index in [1.807, 2.05) is 19.1 Å². The van der Waals surface area contributed by atoms with Gasteiger partial charge in [-0.25, -0.2) is 22.5 Å². The van der Waals surface area contributed by atoms with Crippen LogP contribution in [0.25, 0.3) is 0 Å². The summed E-state index contributed by atoms with van der Waals surface area (Å²) in [5.74, 6) is -2.44. The van der Waals surface area contributed by atoms with Gasteiger partial charge in [-0.1, -0.05) is 29.8 Å². The van der Waals surface area contributed by atoms with E-state index in [4.69, 9.17) is 4.74 Å². The zero-order chi connectivity index (χ0) is 26.7. The molecule has 37 heavy (non-hydrogen) atoms. The number of amides is 2. The van der Waals surface area contributed by atoms with Crippen LogP contribution in [-0.2, 0) is 30.9 Å². The van der Waals surface area contributed by atoms with Crippen LogP contribution in [0, 0.1) is 12.7 Å². The van der Waals surface area contributed by atoms with Crippen LogP contribution in [0.2, 0.25) is 0 Å². The number of hydrogen-bond donors (Lipinski definition) is 0. The van der Waals surface area contributed by atoms with Crippen molar-refractivity contribution in [1.82, 2.24) is 4.31 Å². The maximum absolute atomic E-state index is 13.6. The first-order valence-electron chi connectivity index (χ1n) is 11.6. The van der Waals surface area contributed by atoms with Crippen molar-refractivity contribution in [2.75, 3.05) is 11.5 Å². The summed E-state index contributed by atoms with van der Waals surface area (Å²) in [5.41, 5.74) is 2.05. The van der Waals surface area contributed by atoms with Gasteiger partial charge in [-0.05, 0) is 67.9 Å². The second-order valence-electron chi connectivity index (χ2n) is 8.54. The molecule has 0 bridgehead atoms. The number of benzene rings is 3. The molecule has 4 rings (SSSR count). The molecule has 0 N–H and O–H groups in total. The van der Waals surface area contributed by atoms with E-state index in [9.17, 15) is 27.2 Å². The highest BCUT2D eigenvalue weighted by atomic mass is 32.2. The zero-order valence-corrected chi connectivity index (χ0v) is 21.1. The van der Waals surface area contributed by atoms with Crippen molar-refractivity contribution in [3.05, 3.63) is 95.3 Å². The van der Waals surface area contributed by atoms with Crippen molar-refractivity contribution >= 4 is 33.5 Å². The molecule has 1 aliphatic rings. The first kappa shape index (κ1) is 26.2. The Labute approximate surface area is 214 Å². The van der Waals surface area contributed by atoms with Crippen molar-refractivity contribution in [3.63, 3.8) is 0 Å². The Morgan fingerprint density at radius 3 is 2.22 bits per heavy atom. The molecule has 3 aromatic carbocycles. The Morgan fingerprint density at radius 2 is 1.62 bits per heavy atom. The molecule has 1 saturated heterocycles. The lowest BCUT2D eigenvalue weighted by molar-refractivity contribution is -0.122. The smallest absolute Gasteiger partial charge is 0.338 e. The summed E-state index contributed by atoms with van der Waals surface area (Å²) in [5, 5.41) is 0. The minimum absolute atomic E-state index is 0.167. The van der Waals surface area contributed by atoms with Gasteiger partial charge in [-0.15, -0.1) is 0 Å². The Morgan fingerprint density at radius 1 is 1.00 bits per heavy atom. The Balaban J connectivity index is 1.69. The van der Waals surface area contributed by atoms with Gasteiger partial charge in [0, 0.05) is 6.54 Å². The SMILES string of the molecule is CCOC(=O)c1ccc(N2C(=O)CC(N(Cc3ccc(C)cc3)S(=O)(=O)c3ccc(F)cc3)C2=O)cc1. The summed E-state index contributed by atoms with van der Waals surface area (Å²) in [7, 11) is -4.29. The number of carbonyl (C=O) groups is 3. The molecule has 0 aromatic heterocycles. The maximum atomic E-state index is 13.6. The molecule has 3 aromatic rings. The van der Waals surface area contributed by atoms with Gasteiger partial charge in [-0.3, -0.25) is 9.59 Å². The summed E-state index contributed by atoms with van der Waals surface area (Å²) >= 11 is 0. The van der Waals surface area contributed by atoms with Gasteiger partial charge in [0.25, 0.3) is 5.91 Å². The number of esters is 1. The van der Waals surface area contributed by atoms with Crippen molar-refractivity contribution in [3.8, 4) is 0 Å². The highest BCUT2D eigenvalue weighted by Crippen LogP contribution is 2.31. The lowest BCUT2D eigenvalue weighted by Crippen LogP contribution is -2.45. The first-order chi connectivity index (χ1) is 17.6. The van der Waals surface area contributed by atoms with Gasteiger partial charge in [0.05, 0.1) is 29.2 Å². The quantitative estimate of drug-likeness (QED) is 0.328. The predicted octanol–water partition coefficient (Wildman–Crippen LogP) is 3.83. The van der Waals surface area contributed by atoms with E-state index in [-0.39, 0.29) is 35.7 Å². The fraction of sp³-hybridized carbons (Fsp3) is 0.222. The van der Waals surface area contributed by atoms with Gasteiger partial charge in [-0.2, -0.15) is 4.31 Å². The second-order valence-corrected chi connectivity index (χ2v) is 10.4. The minimum atomic E-state index is -4.29. The molecule has 1 heterocycles. The molecule has 192 valence electrons. The Hall–Kier alpha value is -3.89. The summed E-state index contributed by atoms with van der Waals surface area (Å²) < 4.78 is 46.7.